The van der Waals surface area contributed by atoms with Crippen molar-refractivity contribution in [2.24, 2.45) is 0 Å². The number of hydrogen-bond donors (Lipinski definition) is 1. The third-order valence-corrected chi connectivity index (χ3v) is 5.33. The minimum atomic E-state index is -0.306. The van der Waals surface area contributed by atoms with Gasteiger partial charge in [0, 0.05) is 21.4 Å². The fourth-order valence-corrected chi connectivity index (χ4v) is 3.84. The van der Waals surface area contributed by atoms with Crippen LogP contribution in [0.15, 0.2) is 58.8 Å². The van der Waals surface area contributed by atoms with E-state index >= 15 is 0 Å². The topological polar surface area (TPSA) is 76.9 Å². The number of amides is 1. The molecule has 0 spiro atoms. The second-order valence-electron chi connectivity index (χ2n) is 5.89. The molecule has 0 aliphatic rings. The van der Waals surface area contributed by atoms with Gasteiger partial charge < -0.3 is 5.32 Å². The van der Waals surface area contributed by atoms with Crippen LogP contribution in [0.3, 0.4) is 0 Å². The monoisotopic (exact) mass is 430 g/mol. The Hall–Kier alpha value is -2.74. The van der Waals surface area contributed by atoms with Crippen LogP contribution in [-0.4, -0.2) is 20.7 Å². The number of anilines is 1. The van der Waals surface area contributed by atoms with Crippen molar-refractivity contribution in [3.8, 4) is 11.3 Å². The van der Waals surface area contributed by atoms with Crippen LogP contribution in [0.25, 0.3) is 22.2 Å². The number of aromatic nitrogens is 3. The van der Waals surface area contributed by atoms with Crippen LogP contribution in [0.5, 0.6) is 0 Å². The third-order valence-electron chi connectivity index (χ3n) is 4.01. The summed E-state index contributed by atoms with van der Waals surface area (Å²) >= 11 is 13.5. The second kappa shape index (κ2) is 7.71. The summed E-state index contributed by atoms with van der Waals surface area (Å²) in [6.45, 7) is -0.0480. The van der Waals surface area contributed by atoms with Crippen LogP contribution in [0.2, 0.25) is 10.0 Å². The average molecular weight is 431 g/mol. The van der Waals surface area contributed by atoms with E-state index in [2.05, 4.69) is 15.4 Å². The standard InChI is InChI=1S/C19H12Cl2N4O2S/c20-11-5-6-14(21)13(7-11)15-10-28-19(23-15)24-18(27)9-25-16-4-2-1-3-12(16)17(26)8-22-25/h1-8,10H,9H2,(H,23,24,27). The smallest absolute Gasteiger partial charge is 0.247 e. The molecule has 0 fully saturated rings. The van der Waals surface area contributed by atoms with Gasteiger partial charge >= 0.3 is 0 Å². The van der Waals surface area contributed by atoms with Crippen LogP contribution < -0.4 is 10.7 Å². The first-order valence-corrected chi connectivity index (χ1v) is 9.80. The maximum absolute atomic E-state index is 12.4. The first kappa shape index (κ1) is 18.6. The maximum Gasteiger partial charge on any atom is 0.247 e. The number of rotatable bonds is 4. The molecule has 0 bridgehead atoms. The van der Waals surface area contributed by atoms with Crippen molar-refractivity contribution < 1.29 is 4.79 Å². The highest BCUT2D eigenvalue weighted by Crippen LogP contribution is 2.32. The Labute approximate surface area is 173 Å². The number of hydrogen-bond acceptors (Lipinski definition) is 5. The van der Waals surface area contributed by atoms with Crippen molar-refractivity contribution in [2.45, 2.75) is 6.54 Å². The van der Waals surface area contributed by atoms with Crippen molar-refractivity contribution in [2.75, 3.05) is 5.32 Å². The zero-order chi connectivity index (χ0) is 19.7. The van der Waals surface area contributed by atoms with Gasteiger partial charge in [-0.25, -0.2) is 4.98 Å². The number of carbonyl (C=O) groups excluding carboxylic acids is 1. The SMILES string of the molecule is O=C(Cn1ncc(=O)c2ccccc21)Nc1nc(-c2cc(Cl)ccc2Cl)cs1. The molecular formula is C19H12Cl2N4O2S. The Kier molecular flexibility index (Phi) is 5.13. The number of benzene rings is 2. The Morgan fingerprint density at radius 3 is 2.86 bits per heavy atom. The van der Waals surface area contributed by atoms with Gasteiger partial charge in [-0.05, 0) is 30.3 Å². The number of para-hydroxylation sites is 1. The molecule has 140 valence electrons. The first-order chi connectivity index (χ1) is 13.5. The third kappa shape index (κ3) is 3.77. The van der Waals surface area contributed by atoms with E-state index in [1.54, 1.807) is 47.8 Å². The van der Waals surface area contributed by atoms with E-state index in [1.165, 1.54) is 22.2 Å². The minimum Gasteiger partial charge on any atom is -0.300 e. The van der Waals surface area contributed by atoms with E-state index in [0.29, 0.717) is 37.3 Å². The minimum absolute atomic E-state index is 0.0480. The molecule has 2 aromatic heterocycles. The molecule has 0 radical (unpaired) electrons. The fourth-order valence-electron chi connectivity index (χ4n) is 2.73. The molecule has 1 N–H and O–H groups in total. The van der Waals surface area contributed by atoms with Crippen molar-refractivity contribution in [1.82, 2.24) is 14.8 Å². The van der Waals surface area contributed by atoms with Crippen LogP contribution in [0.1, 0.15) is 0 Å². The molecule has 28 heavy (non-hydrogen) atoms. The lowest BCUT2D eigenvalue weighted by molar-refractivity contribution is -0.116. The Balaban J connectivity index is 1.54. The Morgan fingerprint density at radius 1 is 1.18 bits per heavy atom. The highest BCUT2D eigenvalue weighted by molar-refractivity contribution is 7.14. The average Bonchev–Trinajstić information content (AvgIpc) is 3.14. The molecule has 0 atom stereocenters. The number of halogens is 2. The highest BCUT2D eigenvalue weighted by Gasteiger charge is 2.13. The quantitative estimate of drug-likeness (QED) is 0.518. The van der Waals surface area contributed by atoms with Gasteiger partial charge in [0.05, 0.1) is 22.4 Å². The number of fused-ring (bicyclic) bond motifs is 1. The summed E-state index contributed by atoms with van der Waals surface area (Å²) < 4.78 is 1.48. The van der Waals surface area contributed by atoms with Gasteiger partial charge in [-0.2, -0.15) is 5.10 Å². The first-order valence-electron chi connectivity index (χ1n) is 8.17. The molecule has 4 aromatic rings. The second-order valence-corrected chi connectivity index (χ2v) is 7.60. The molecule has 0 saturated heterocycles. The number of thiazole rings is 1. The van der Waals surface area contributed by atoms with Crippen molar-refractivity contribution >= 4 is 56.5 Å². The van der Waals surface area contributed by atoms with Crippen LogP contribution in [0, 0.1) is 0 Å². The van der Waals surface area contributed by atoms with Crippen molar-refractivity contribution in [3.63, 3.8) is 0 Å². The predicted octanol–water partition coefficient (Wildman–Crippen LogP) is 4.47. The van der Waals surface area contributed by atoms with Gasteiger partial charge in [-0.15, -0.1) is 11.3 Å². The van der Waals surface area contributed by atoms with E-state index in [1.807, 2.05) is 0 Å². The van der Waals surface area contributed by atoms with Crippen LogP contribution in [0.4, 0.5) is 5.13 Å². The van der Waals surface area contributed by atoms with Crippen molar-refractivity contribution in [3.05, 3.63) is 74.3 Å². The molecule has 0 unspecified atom stereocenters. The summed E-state index contributed by atoms with van der Waals surface area (Å²) in [6, 6.07) is 12.1. The lowest BCUT2D eigenvalue weighted by Crippen LogP contribution is -2.22. The van der Waals surface area contributed by atoms with Gasteiger partial charge in [0.2, 0.25) is 11.3 Å². The fraction of sp³-hybridized carbons (Fsp3) is 0.0526. The summed E-state index contributed by atoms with van der Waals surface area (Å²) in [5.74, 6) is -0.306. The predicted molar refractivity (Wildman–Crippen MR) is 112 cm³/mol. The molecule has 1 amide bonds. The van der Waals surface area contributed by atoms with E-state index in [9.17, 15) is 9.59 Å². The van der Waals surface area contributed by atoms with E-state index in [0.717, 1.165) is 0 Å². The lowest BCUT2D eigenvalue weighted by Gasteiger charge is -2.08. The Morgan fingerprint density at radius 2 is 2.00 bits per heavy atom. The van der Waals surface area contributed by atoms with Gasteiger partial charge in [-0.3, -0.25) is 14.3 Å². The molecule has 0 aliphatic heterocycles. The van der Waals surface area contributed by atoms with Crippen LogP contribution >= 0.6 is 34.5 Å². The largest absolute Gasteiger partial charge is 0.300 e. The van der Waals surface area contributed by atoms with E-state index in [4.69, 9.17) is 23.2 Å². The molecule has 6 nitrogen and oxygen atoms in total. The van der Waals surface area contributed by atoms with Crippen molar-refractivity contribution in [1.29, 1.82) is 0 Å². The molecule has 2 aromatic carbocycles. The summed E-state index contributed by atoms with van der Waals surface area (Å²) in [6.07, 6.45) is 1.21. The molecule has 2 heterocycles. The molecular weight excluding hydrogens is 419 g/mol. The summed E-state index contributed by atoms with van der Waals surface area (Å²) in [5.41, 5.74) is 1.73. The van der Waals surface area contributed by atoms with Gasteiger partial charge in [0.25, 0.3) is 0 Å². The number of carbonyl (C=O) groups is 1. The van der Waals surface area contributed by atoms with Crippen LogP contribution in [-0.2, 0) is 11.3 Å². The van der Waals surface area contributed by atoms with Gasteiger partial charge in [-0.1, -0.05) is 35.3 Å². The number of nitrogens with one attached hydrogen (secondary N) is 1. The molecule has 0 saturated carbocycles. The zero-order valence-electron chi connectivity index (χ0n) is 14.2. The highest BCUT2D eigenvalue weighted by atomic mass is 35.5. The summed E-state index contributed by atoms with van der Waals surface area (Å²) in [7, 11) is 0. The zero-order valence-corrected chi connectivity index (χ0v) is 16.6. The number of nitrogens with zero attached hydrogens (tertiary/aromatic N) is 3. The van der Waals surface area contributed by atoms with E-state index < -0.39 is 0 Å². The summed E-state index contributed by atoms with van der Waals surface area (Å²) in [5, 5.41) is 10.6. The molecule has 9 heteroatoms. The molecule has 0 aliphatic carbocycles. The maximum atomic E-state index is 12.4. The molecule has 4 rings (SSSR count). The normalized spacial score (nSPS) is 10.9. The Bertz CT molecular complexity index is 1250. The van der Waals surface area contributed by atoms with Gasteiger partial charge in [0.15, 0.2) is 5.13 Å². The lowest BCUT2D eigenvalue weighted by atomic mass is 10.2. The van der Waals surface area contributed by atoms with Gasteiger partial charge in [0.1, 0.15) is 6.54 Å². The summed E-state index contributed by atoms with van der Waals surface area (Å²) in [4.78, 5) is 28.7. The van der Waals surface area contributed by atoms with E-state index in [-0.39, 0.29) is 17.9 Å².